The van der Waals surface area contributed by atoms with Crippen LogP contribution in [0.15, 0.2) is 73.6 Å². The summed E-state index contributed by atoms with van der Waals surface area (Å²) in [6.07, 6.45) is 10.2. The summed E-state index contributed by atoms with van der Waals surface area (Å²) < 4.78 is 9.61. The summed E-state index contributed by atoms with van der Waals surface area (Å²) in [5.74, 6) is 2.45. The normalized spacial score (nSPS) is 14.0. The first-order chi connectivity index (χ1) is 17.6. The number of allylic oxidation sites excluding steroid dienone is 1. The fraction of sp³-hybridized carbons (Fsp3) is 0.192. The Labute approximate surface area is 206 Å². The van der Waals surface area contributed by atoms with Crippen LogP contribution in [-0.4, -0.2) is 53.1 Å². The van der Waals surface area contributed by atoms with Crippen molar-refractivity contribution < 1.29 is 9.53 Å². The maximum Gasteiger partial charge on any atom is 0.246 e. The molecule has 5 heterocycles. The number of amides is 1. The molecule has 0 aliphatic carbocycles. The summed E-state index contributed by atoms with van der Waals surface area (Å²) in [5.41, 5.74) is 4.63. The fourth-order valence-electron chi connectivity index (χ4n) is 4.47. The van der Waals surface area contributed by atoms with Crippen molar-refractivity contribution in [2.45, 2.75) is 19.8 Å². The van der Waals surface area contributed by atoms with Crippen LogP contribution in [0.3, 0.4) is 0 Å². The van der Waals surface area contributed by atoms with E-state index in [0.717, 1.165) is 33.7 Å². The lowest BCUT2D eigenvalue weighted by molar-refractivity contribution is -0.130. The van der Waals surface area contributed by atoms with Gasteiger partial charge in [0.2, 0.25) is 5.91 Å². The number of nitrogens with zero attached hydrogens (tertiary/aromatic N) is 7. The quantitative estimate of drug-likeness (QED) is 0.365. The molecule has 1 amide bonds. The van der Waals surface area contributed by atoms with Crippen LogP contribution in [0.25, 0.3) is 11.2 Å². The maximum atomic E-state index is 12.1. The second-order valence-corrected chi connectivity index (χ2v) is 8.75. The summed E-state index contributed by atoms with van der Waals surface area (Å²) in [6, 6.07) is 11.7. The lowest BCUT2D eigenvalue weighted by atomic mass is 9.92. The minimum absolute atomic E-state index is 0.0472. The topological polar surface area (TPSA) is 102 Å². The van der Waals surface area contributed by atoms with Gasteiger partial charge in [-0.1, -0.05) is 6.08 Å². The standard InChI is InChI=1S/C26H24N8O2/c1-3-4-24(35)32-13-18(14-32)21-8-10-34-25(21)26(28-16-30-34)31-19-5-6-22(17(2)11-19)36-20-7-9-33-23(12-20)27-15-29-33/h3-12,15-16,18H,13-14H2,1-2H3,(H,28,30,31)/b4-3+. The summed E-state index contributed by atoms with van der Waals surface area (Å²) in [5, 5.41) is 11.9. The van der Waals surface area contributed by atoms with Gasteiger partial charge in [0.1, 0.15) is 29.7 Å². The van der Waals surface area contributed by atoms with Crippen LogP contribution in [0.4, 0.5) is 11.5 Å². The monoisotopic (exact) mass is 480 g/mol. The molecule has 1 aliphatic rings. The van der Waals surface area contributed by atoms with Gasteiger partial charge in [-0.2, -0.15) is 10.2 Å². The zero-order valence-corrected chi connectivity index (χ0v) is 19.9. The van der Waals surface area contributed by atoms with Crippen LogP contribution in [-0.2, 0) is 4.79 Å². The van der Waals surface area contributed by atoms with E-state index in [9.17, 15) is 4.79 Å². The van der Waals surface area contributed by atoms with E-state index in [1.54, 1.807) is 16.7 Å². The van der Waals surface area contributed by atoms with Gasteiger partial charge in [-0.3, -0.25) is 4.79 Å². The first-order valence-corrected chi connectivity index (χ1v) is 11.7. The molecular formula is C26H24N8O2. The van der Waals surface area contributed by atoms with Crippen LogP contribution in [0.1, 0.15) is 24.0 Å². The van der Waals surface area contributed by atoms with Crippen molar-refractivity contribution in [3.63, 3.8) is 0 Å². The minimum atomic E-state index is 0.0472. The highest BCUT2D eigenvalue weighted by Gasteiger charge is 2.33. The average Bonchev–Trinajstić information content (AvgIpc) is 3.48. The summed E-state index contributed by atoms with van der Waals surface area (Å²) in [7, 11) is 0. The molecule has 0 unspecified atom stereocenters. The van der Waals surface area contributed by atoms with Gasteiger partial charge >= 0.3 is 0 Å². The lowest BCUT2D eigenvalue weighted by Crippen LogP contribution is -2.47. The molecule has 1 saturated heterocycles. The molecule has 6 rings (SSSR count). The van der Waals surface area contributed by atoms with E-state index in [4.69, 9.17) is 4.74 Å². The van der Waals surface area contributed by atoms with E-state index in [1.807, 2.05) is 66.0 Å². The molecule has 36 heavy (non-hydrogen) atoms. The Morgan fingerprint density at radius 2 is 1.86 bits per heavy atom. The number of aromatic nitrogens is 6. The molecule has 5 aromatic rings. The molecule has 1 N–H and O–H groups in total. The molecule has 1 aromatic carbocycles. The van der Waals surface area contributed by atoms with E-state index >= 15 is 0 Å². The van der Waals surface area contributed by atoms with Crippen molar-refractivity contribution in [2.24, 2.45) is 0 Å². The lowest BCUT2D eigenvalue weighted by Gasteiger charge is -2.38. The number of fused-ring (bicyclic) bond motifs is 2. The zero-order chi connectivity index (χ0) is 24.6. The minimum Gasteiger partial charge on any atom is -0.457 e. The molecule has 10 nitrogen and oxygen atoms in total. The molecule has 1 aliphatic heterocycles. The number of carbonyl (C=O) groups excluding carboxylic acids is 1. The fourth-order valence-corrected chi connectivity index (χ4v) is 4.47. The molecule has 0 radical (unpaired) electrons. The number of hydrogen-bond donors (Lipinski definition) is 1. The van der Waals surface area contributed by atoms with Gasteiger partial charge in [-0.05, 0) is 61.4 Å². The Morgan fingerprint density at radius 1 is 1.06 bits per heavy atom. The first kappa shape index (κ1) is 21.8. The van der Waals surface area contributed by atoms with Crippen molar-refractivity contribution in [2.75, 3.05) is 18.4 Å². The van der Waals surface area contributed by atoms with E-state index in [1.165, 1.54) is 12.7 Å². The predicted octanol–water partition coefficient (Wildman–Crippen LogP) is 4.12. The number of nitrogens with one attached hydrogen (secondary N) is 1. The molecule has 0 atom stereocenters. The SMILES string of the molecule is C/C=C/C(=O)N1CC(c2ccn3ncnc(Nc4ccc(Oc5ccn6ncnc6c5)c(C)c4)c23)C1. The number of anilines is 2. The molecule has 4 aromatic heterocycles. The number of pyridine rings is 1. The number of carbonyl (C=O) groups is 1. The largest absolute Gasteiger partial charge is 0.457 e. The third-order valence-corrected chi connectivity index (χ3v) is 6.34. The number of benzene rings is 1. The number of aryl methyl sites for hydroxylation is 1. The van der Waals surface area contributed by atoms with Crippen LogP contribution in [0, 0.1) is 6.92 Å². The van der Waals surface area contributed by atoms with E-state index in [2.05, 4.69) is 31.5 Å². The summed E-state index contributed by atoms with van der Waals surface area (Å²) in [6.45, 7) is 5.22. The molecule has 0 bridgehead atoms. The van der Waals surface area contributed by atoms with E-state index in [0.29, 0.717) is 24.7 Å². The molecule has 180 valence electrons. The van der Waals surface area contributed by atoms with Gasteiger partial charge in [-0.25, -0.2) is 19.0 Å². The van der Waals surface area contributed by atoms with Crippen LogP contribution in [0.5, 0.6) is 11.5 Å². The van der Waals surface area contributed by atoms with Crippen molar-refractivity contribution in [3.8, 4) is 11.5 Å². The van der Waals surface area contributed by atoms with Crippen molar-refractivity contribution >= 4 is 28.6 Å². The van der Waals surface area contributed by atoms with Gasteiger partial charge < -0.3 is 15.0 Å². The molecular weight excluding hydrogens is 456 g/mol. The molecule has 10 heteroatoms. The first-order valence-electron chi connectivity index (χ1n) is 11.7. The van der Waals surface area contributed by atoms with E-state index < -0.39 is 0 Å². The predicted molar refractivity (Wildman–Crippen MR) is 135 cm³/mol. The highest BCUT2D eigenvalue weighted by molar-refractivity contribution is 5.88. The smallest absolute Gasteiger partial charge is 0.246 e. The van der Waals surface area contributed by atoms with Crippen molar-refractivity contribution in [1.82, 2.24) is 34.1 Å². The number of rotatable bonds is 6. The Morgan fingerprint density at radius 3 is 2.69 bits per heavy atom. The Hall–Kier alpha value is -4.73. The highest BCUT2D eigenvalue weighted by Crippen LogP contribution is 2.35. The second-order valence-electron chi connectivity index (χ2n) is 8.75. The van der Waals surface area contributed by atoms with Gasteiger partial charge in [0.25, 0.3) is 0 Å². The molecule has 1 fully saturated rings. The van der Waals surface area contributed by atoms with Crippen molar-refractivity contribution in [3.05, 3.63) is 84.7 Å². The van der Waals surface area contributed by atoms with Crippen molar-refractivity contribution in [1.29, 1.82) is 0 Å². The van der Waals surface area contributed by atoms with Crippen LogP contribution >= 0.6 is 0 Å². The number of likely N-dealkylation sites (tertiary alicyclic amines) is 1. The van der Waals surface area contributed by atoms with Gasteiger partial charge in [0.05, 0.1) is 0 Å². The van der Waals surface area contributed by atoms with E-state index in [-0.39, 0.29) is 11.8 Å². The third kappa shape index (κ3) is 3.92. The zero-order valence-electron chi connectivity index (χ0n) is 19.9. The number of ether oxygens (including phenoxy) is 1. The van der Waals surface area contributed by atoms with Crippen LogP contribution in [0.2, 0.25) is 0 Å². The highest BCUT2D eigenvalue weighted by atomic mass is 16.5. The maximum absolute atomic E-state index is 12.1. The Balaban J connectivity index is 1.22. The van der Waals surface area contributed by atoms with Gasteiger partial charge in [0.15, 0.2) is 11.5 Å². The Kier molecular flexibility index (Phi) is 5.33. The molecule has 0 saturated carbocycles. The second kappa shape index (κ2) is 8.81. The van der Waals surface area contributed by atoms with Crippen LogP contribution < -0.4 is 10.1 Å². The third-order valence-electron chi connectivity index (χ3n) is 6.34. The summed E-state index contributed by atoms with van der Waals surface area (Å²) in [4.78, 5) is 22.7. The van der Waals surface area contributed by atoms with Gasteiger partial charge in [0, 0.05) is 43.2 Å². The number of hydrogen-bond acceptors (Lipinski definition) is 7. The average molecular weight is 481 g/mol. The summed E-state index contributed by atoms with van der Waals surface area (Å²) >= 11 is 0. The Bertz CT molecular complexity index is 1610. The molecule has 0 spiro atoms. The van der Waals surface area contributed by atoms with Gasteiger partial charge in [-0.15, -0.1) is 0 Å².